The molecule has 0 radical (unpaired) electrons. The molecule has 6 nitrogen and oxygen atoms in total. The Hall–Kier alpha value is -1.92. The first-order valence-corrected chi connectivity index (χ1v) is 6.54. The second-order valence-electron chi connectivity index (χ2n) is 4.80. The quantitative estimate of drug-likeness (QED) is 0.700. The summed E-state index contributed by atoms with van der Waals surface area (Å²) in [5, 5.41) is 5.39. The molecule has 1 aliphatic heterocycles. The summed E-state index contributed by atoms with van der Waals surface area (Å²) in [7, 11) is 1.59. The number of hydrogen-bond donors (Lipinski definition) is 3. The first-order chi connectivity index (χ1) is 9.61. The van der Waals surface area contributed by atoms with E-state index in [2.05, 4.69) is 10.6 Å². The summed E-state index contributed by atoms with van der Waals surface area (Å²) in [6.07, 6.45) is 0. The number of carbonyl (C=O) groups excluding carboxylic acids is 2. The predicted molar refractivity (Wildman–Crippen MR) is 74.0 cm³/mol. The van der Waals surface area contributed by atoms with Gasteiger partial charge in [-0.3, -0.25) is 9.59 Å². The second kappa shape index (κ2) is 6.49. The first-order valence-electron chi connectivity index (χ1n) is 6.54. The summed E-state index contributed by atoms with van der Waals surface area (Å²) in [5.41, 5.74) is 7.31. The molecule has 1 saturated heterocycles. The van der Waals surface area contributed by atoms with E-state index < -0.39 is 0 Å². The van der Waals surface area contributed by atoms with E-state index in [4.69, 9.17) is 10.5 Å². The summed E-state index contributed by atoms with van der Waals surface area (Å²) in [4.78, 5) is 23.3. The maximum atomic E-state index is 11.9. The summed E-state index contributed by atoms with van der Waals surface area (Å²) < 4.78 is 5.17. The van der Waals surface area contributed by atoms with E-state index in [-0.39, 0.29) is 23.8 Å². The lowest BCUT2D eigenvalue weighted by molar-refractivity contribution is -0.125. The molecule has 1 fully saturated rings. The van der Waals surface area contributed by atoms with Crippen molar-refractivity contribution >= 4 is 11.8 Å². The molecule has 1 aromatic carbocycles. The lowest BCUT2D eigenvalue weighted by atomic mass is 10.0. The van der Waals surface area contributed by atoms with E-state index in [9.17, 15) is 9.59 Å². The van der Waals surface area contributed by atoms with Crippen LogP contribution < -0.4 is 16.4 Å². The molecule has 0 spiro atoms. The minimum atomic E-state index is -0.278. The lowest BCUT2D eigenvalue weighted by Gasteiger charge is -2.13. The van der Waals surface area contributed by atoms with Gasteiger partial charge in [-0.25, -0.2) is 0 Å². The topological polar surface area (TPSA) is 93.5 Å². The third-order valence-corrected chi connectivity index (χ3v) is 3.37. The van der Waals surface area contributed by atoms with Gasteiger partial charge in [0.15, 0.2) is 0 Å². The molecule has 2 unspecified atom stereocenters. The molecule has 1 heterocycles. The molecular formula is C14H19N3O3. The van der Waals surface area contributed by atoms with E-state index in [1.54, 1.807) is 19.2 Å². The number of carbonyl (C=O) groups is 2. The molecule has 2 amide bonds. The molecular weight excluding hydrogens is 258 g/mol. The standard InChI is InChI=1S/C14H19N3O3/c1-16-13(18)10-4-2-9(3-5-10)6-17-14(19)11-7-20-8-12(11)15/h2-5,11-12H,6-8,15H2,1H3,(H,16,18)(H,17,19). The zero-order valence-corrected chi connectivity index (χ0v) is 11.4. The van der Waals surface area contributed by atoms with E-state index in [1.165, 1.54) is 0 Å². The third-order valence-electron chi connectivity index (χ3n) is 3.37. The van der Waals surface area contributed by atoms with Crippen molar-refractivity contribution in [3.8, 4) is 0 Å². The molecule has 20 heavy (non-hydrogen) atoms. The highest BCUT2D eigenvalue weighted by Crippen LogP contribution is 2.12. The SMILES string of the molecule is CNC(=O)c1ccc(CNC(=O)C2COCC2N)cc1. The first kappa shape index (κ1) is 14.5. The number of benzene rings is 1. The Morgan fingerprint density at radius 2 is 2.00 bits per heavy atom. The fourth-order valence-electron chi connectivity index (χ4n) is 2.08. The molecule has 1 aliphatic rings. The molecule has 2 atom stereocenters. The van der Waals surface area contributed by atoms with Crippen molar-refractivity contribution in [2.45, 2.75) is 12.6 Å². The minimum Gasteiger partial charge on any atom is -0.379 e. The van der Waals surface area contributed by atoms with Crippen LogP contribution in [0, 0.1) is 5.92 Å². The van der Waals surface area contributed by atoms with E-state index in [0.29, 0.717) is 25.3 Å². The fourth-order valence-corrected chi connectivity index (χ4v) is 2.08. The monoisotopic (exact) mass is 277 g/mol. The Bertz CT molecular complexity index is 487. The predicted octanol–water partition coefficient (Wildman–Crippen LogP) is -0.364. The minimum absolute atomic E-state index is 0.0922. The molecule has 2 rings (SSSR count). The van der Waals surface area contributed by atoms with Gasteiger partial charge in [-0.2, -0.15) is 0 Å². The van der Waals surface area contributed by atoms with Crippen molar-refractivity contribution in [1.29, 1.82) is 0 Å². The van der Waals surface area contributed by atoms with Crippen molar-refractivity contribution in [3.05, 3.63) is 35.4 Å². The van der Waals surface area contributed by atoms with Gasteiger partial charge in [0.25, 0.3) is 5.91 Å². The Morgan fingerprint density at radius 1 is 1.30 bits per heavy atom. The van der Waals surface area contributed by atoms with Gasteiger partial charge in [-0.15, -0.1) is 0 Å². The largest absolute Gasteiger partial charge is 0.379 e. The van der Waals surface area contributed by atoms with Crippen LogP contribution >= 0.6 is 0 Å². The zero-order chi connectivity index (χ0) is 14.5. The number of rotatable bonds is 4. The van der Waals surface area contributed by atoms with Crippen molar-refractivity contribution in [2.75, 3.05) is 20.3 Å². The van der Waals surface area contributed by atoms with Gasteiger partial charge in [0.1, 0.15) is 0 Å². The number of hydrogen-bond acceptors (Lipinski definition) is 4. The van der Waals surface area contributed by atoms with Crippen LogP contribution in [0.1, 0.15) is 15.9 Å². The van der Waals surface area contributed by atoms with Crippen molar-refractivity contribution in [3.63, 3.8) is 0 Å². The van der Waals surface area contributed by atoms with E-state index in [0.717, 1.165) is 5.56 Å². The molecule has 0 aliphatic carbocycles. The summed E-state index contributed by atoms with van der Waals surface area (Å²) in [6, 6.07) is 6.85. The second-order valence-corrected chi connectivity index (χ2v) is 4.80. The van der Waals surface area contributed by atoms with Crippen LogP contribution in [0.15, 0.2) is 24.3 Å². The molecule has 0 aromatic heterocycles. The Kier molecular flexibility index (Phi) is 4.70. The number of amides is 2. The molecule has 108 valence electrons. The summed E-state index contributed by atoms with van der Waals surface area (Å²) in [5.74, 6) is -0.500. The maximum Gasteiger partial charge on any atom is 0.251 e. The van der Waals surface area contributed by atoms with Gasteiger partial charge in [-0.05, 0) is 17.7 Å². The van der Waals surface area contributed by atoms with E-state index >= 15 is 0 Å². The lowest BCUT2D eigenvalue weighted by Crippen LogP contribution is -2.40. The highest BCUT2D eigenvalue weighted by atomic mass is 16.5. The van der Waals surface area contributed by atoms with Crippen LogP contribution in [-0.2, 0) is 16.1 Å². The Labute approximate surface area is 117 Å². The Morgan fingerprint density at radius 3 is 2.55 bits per heavy atom. The Balaban J connectivity index is 1.87. The van der Waals surface area contributed by atoms with E-state index in [1.807, 2.05) is 12.1 Å². The van der Waals surface area contributed by atoms with Crippen LogP contribution in [0.25, 0.3) is 0 Å². The zero-order valence-electron chi connectivity index (χ0n) is 11.4. The molecule has 0 bridgehead atoms. The normalized spacial score (nSPS) is 21.5. The van der Waals surface area contributed by atoms with Gasteiger partial charge in [-0.1, -0.05) is 12.1 Å². The van der Waals surface area contributed by atoms with Gasteiger partial charge in [0, 0.05) is 25.2 Å². The van der Waals surface area contributed by atoms with Crippen LogP contribution in [0.5, 0.6) is 0 Å². The molecule has 1 aromatic rings. The number of nitrogens with one attached hydrogen (secondary N) is 2. The van der Waals surface area contributed by atoms with Crippen LogP contribution in [0.3, 0.4) is 0 Å². The molecule has 6 heteroatoms. The van der Waals surface area contributed by atoms with Gasteiger partial charge >= 0.3 is 0 Å². The van der Waals surface area contributed by atoms with Crippen LogP contribution in [0.2, 0.25) is 0 Å². The third kappa shape index (κ3) is 3.34. The number of ether oxygens (including phenoxy) is 1. The molecule has 4 N–H and O–H groups in total. The number of nitrogens with two attached hydrogens (primary N) is 1. The summed E-state index contributed by atoms with van der Waals surface area (Å²) in [6.45, 7) is 1.22. The highest BCUT2D eigenvalue weighted by Gasteiger charge is 2.30. The van der Waals surface area contributed by atoms with Crippen molar-refractivity contribution < 1.29 is 14.3 Å². The van der Waals surface area contributed by atoms with Crippen LogP contribution in [-0.4, -0.2) is 38.1 Å². The average molecular weight is 277 g/mol. The highest BCUT2D eigenvalue weighted by molar-refractivity contribution is 5.93. The van der Waals surface area contributed by atoms with Crippen molar-refractivity contribution in [1.82, 2.24) is 10.6 Å². The van der Waals surface area contributed by atoms with Gasteiger partial charge in [0.2, 0.25) is 5.91 Å². The summed E-state index contributed by atoms with van der Waals surface area (Å²) >= 11 is 0. The van der Waals surface area contributed by atoms with Gasteiger partial charge < -0.3 is 21.1 Å². The van der Waals surface area contributed by atoms with Crippen LogP contribution in [0.4, 0.5) is 0 Å². The van der Waals surface area contributed by atoms with Crippen molar-refractivity contribution in [2.24, 2.45) is 11.7 Å². The molecule has 0 saturated carbocycles. The fraction of sp³-hybridized carbons (Fsp3) is 0.429. The smallest absolute Gasteiger partial charge is 0.251 e. The van der Waals surface area contributed by atoms with Gasteiger partial charge in [0.05, 0.1) is 19.1 Å². The maximum absolute atomic E-state index is 11.9. The average Bonchev–Trinajstić information content (AvgIpc) is 2.90.